The number of hydrogen-bond donors (Lipinski definition) is 2. The smallest absolute Gasteiger partial charge is 0.201 e. The molecule has 0 radical (unpaired) electrons. The zero-order chi connectivity index (χ0) is 14.3. The summed E-state index contributed by atoms with van der Waals surface area (Å²) in [7, 11) is 1.33. The average Bonchev–Trinajstić information content (AvgIpc) is 2.30. The maximum absolute atomic E-state index is 13.9. The van der Waals surface area contributed by atoms with Gasteiger partial charge in [0, 0.05) is 24.0 Å². The fourth-order valence-corrected chi connectivity index (χ4v) is 2.12. The van der Waals surface area contributed by atoms with Crippen molar-refractivity contribution in [1.82, 2.24) is 5.32 Å². The van der Waals surface area contributed by atoms with Gasteiger partial charge < -0.3 is 0 Å². The van der Waals surface area contributed by atoms with Crippen LogP contribution < -0.4 is 11.1 Å². The summed E-state index contributed by atoms with van der Waals surface area (Å²) in [6.45, 7) is 0. The number of rotatable bonds is 2. The summed E-state index contributed by atoms with van der Waals surface area (Å²) in [4.78, 5) is 0. The summed E-state index contributed by atoms with van der Waals surface area (Å²) >= 11 is 0. The lowest BCUT2D eigenvalue weighted by Gasteiger charge is -2.29. The van der Waals surface area contributed by atoms with Crippen LogP contribution in [0.4, 0.5) is 17.6 Å². The molecule has 0 bridgehead atoms. The van der Waals surface area contributed by atoms with E-state index in [-0.39, 0.29) is 0 Å². The van der Waals surface area contributed by atoms with Crippen molar-refractivity contribution in [2.75, 3.05) is 7.05 Å². The van der Waals surface area contributed by atoms with Crippen molar-refractivity contribution >= 4 is 0 Å². The van der Waals surface area contributed by atoms with Crippen LogP contribution in [0.3, 0.4) is 0 Å². The summed E-state index contributed by atoms with van der Waals surface area (Å²) in [5, 5.41) is 2.28. The normalized spacial score (nSPS) is 42.0. The van der Waals surface area contributed by atoms with Crippen molar-refractivity contribution in [3.05, 3.63) is 48.1 Å². The second-order valence-corrected chi connectivity index (χ2v) is 4.67. The van der Waals surface area contributed by atoms with Gasteiger partial charge in [0.2, 0.25) is 5.79 Å². The molecule has 0 saturated heterocycles. The van der Waals surface area contributed by atoms with Crippen LogP contribution in [0.2, 0.25) is 0 Å². The third kappa shape index (κ3) is 2.79. The highest BCUT2D eigenvalue weighted by atomic mass is 19.2. The predicted octanol–water partition coefficient (Wildman–Crippen LogP) is 2.57. The summed E-state index contributed by atoms with van der Waals surface area (Å²) < 4.78 is 54.7. The summed E-state index contributed by atoms with van der Waals surface area (Å²) in [6.07, 6.45) is 5.75. The van der Waals surface area contributed by atoms with Crippen LogP contribution in [0, 0.1) is 11.8 Å². The maximum atomic E-state index is 13.9. The Hall–Kier alpha value is -1.40. The molecule has 6 heteroatoms. The highest BCUT2D eigenvalue weighted by molar-refractivity contribution is 5.33. The Morgan fingerprint density at radius 1 is 1.05 bits per heavy atom. The second kappa shape index (κ2) is 4.61. The minimum Gasteiger partial charge on any atom is -0.292 e. The Kier molecular flexibility index (Phi) is 3.40. The third-order valence-electron chi connectivity index (χ3n) is 3.22. The van der Waals surface area contributed by atoms with E-state index >= 15 is 0 Å². The van der Waals surface area contributed by atoms with Gasteiger partial charge in [0.1, 0.15) is 11.7 Å². The molecule has 4 atom stereocenters. The molecule has 0 spiro atoms. The first-order valence-corrected chi connectivity index (χ1v) is 5.77. The van der Waals surface area contributed by atoms with Gasteiger partial charge >= 0.3 is 0 Å². The molecule has 0 aromatic carbocycles. The molecule has 0 aromatic heterocycles. The van der Waals surface area contributed by atoms with Gasteiger partial charge in [-0.2, -0.15) is 0 Å². The molecule has 4 unspecified atom stereocenters. The number of likely N-dealkylation sites (N-methyl/N-ethyl adjacent to an activating group) is 1. The van der Waals surface area contributed by atoms with E-state index in [1.807, 2.05) is 0 Å². The molecule has 0 amide bonds. The number of nitrogens with one attached hydrogen (secondary N) is 1. The number of allylic oxidation sites excluding steroid dienone is 4. The van der Waals surface area contributed by atoms with E-state index < -0.39 is 35.1 Å². The zero-order valence-corrected chi connectivity index (χ0v) is 10.2. The highest BCUT2D eigenvalue weighted by Crippen LogP contribution is 2.39. The summed E-state index contributed by atoms with van der Waals surface area (Å²) in [6, 6.07) is 0. The fourth-order valence-electron chi connectivity index (χ4n) is 2.12. The lowest BCUT2D eigenvalue weighted by Crippen LogP contribution is -2.38. The largest absolute Gasteiger partial charge is 0.292 e. The van der Waals surface area contributed by atoms with Crippen LogP contribution in [-0.2, 0) is 0 Å². The lowest BCUT2D eigenvalue weighted by molar-refractivity contribution is 0.235. The van der Waals surface area contributed by atoms with Crippen LogP contribution in [0.1, 0.15) is 0 Å². The summed E-state index contributed by atoms with van der Waals surface area (Å²) in [5.74, 6) is -8.16. The van der Waals surface area contributed by atoms with Crippen LogP contribution in [0.25, 0.3) is 0 Å². The van der Waals surface area contributed by atoms with Gasteiger partial charge in [-0.3, -0.25) is 11.1 Å². The van der Waals surface area contributed by atoms with Crippen molar-refractivity contribution in [2.24, 2.45) is 17.6 Å². The molecule has 3 N–H and O–H groups in total. The van der Waals surface area contributed by atoms with Gasteiger partial charge in [0.15, 0.2) is 5.79 Å². The Bertz CT molecular complexity index is 493. The van der Waals surface area contributed by atoms with Crippen molar-refractivity contribution in [1.29, 1.82) is 0 Å². The topological polar surface area (TPSA) is 38.0 Å². The molecular formula is C13H14F4N2. The van der Waals surface area contributed by atoms with E-state index in [4.69, 9.17) is 5.73 Å². The molecule has 0 aliphatic heterocycles. The Labute approximate surface area is 108 Å². The third-order valence-corrected chi connectivity index (χ3v) is 3.22. The second-order valence-electron chi connectivity index (χ2n) is 4.67. The molecule has 0 heterocycles. The van der Waals surface area contributed by atoms with Gasteiger partial charge in [-0.15, -0.1) is 0 Å². The minimum atomic E-state index is -2.37. The molecule has 2 rings (SSSR count). The quantitative estimate of drug-likeness (QED) is 0.461. The van der Waals surface area contributed by atoms with Crippen molar-refractivity contribution in [2.45, 2.75) is 11.6 Å². The number of halogens is 4. The molecule has 104 valence electrons. The zero-order valence-electron chi connectivity index (χ0n) is 10.2. The Morgan fingerprint density at radius 2 is 1.58 bits per heavy atom. The van der Waals surface area contributed by atoms with Crippen molar-refractivity contribution in [3.8, 4) is 0 Å². The number of hydrogen-bond acceptors (Lipinski definition) is 2. The van der Waals surface area contributed by atoms with E-state index in [1.54, 1.807) is 0 Å². The van der Waals surface area contributed by atoms with Gasteiger partial charge in [-0.05, 0) is 19.2 Å². The molecule has 0 aromatic rings. The number of alkyl halides is 2. The van der Waals surface area contributed by atoms with Gasteiger partial charge in [0.05, 0.1) is 0 Å². The Morgan fingerprint density at radius 3 is 2.05 bits per heavy atom. The molecule has 0 fully saturated rings. The standard InChI is InChI=1S/C13H14F4N2/c1-19-13(17)5-3-9(11(15)7-13)8-2-4-12(16,18)6-10(8)14/h2-9,19H,18H2,1H3. The predicted molar refractivity (Wildman–Crippen MR) is 64.6 cm³/mol. The van der Waals surface area contributed by atoms with Crippen LogP contribution in [-0.4, -0.2) is 18.6 Å². The van der Waals surface area contributed by atoms with Crippen LogP contribution >= 0.6 is 0 Å². The molecule has 2 aliphatic carbocycles. The lowest BCUT2D eigenvalue weighted by atomic mass is 9.82. The molecule has 2 aliphatic rings. The van der Waals surface area contributed by atoms with E-state index in [0.29, 0.717) is 6.08 Å². The Balaban J connectivity index is 2.25. The van der Waals surface area contributed by atoms with Crippen molar-refractivity contribution < 1.29 is 17.6 Å². The molecule has 0 saturated carbocycles. The maximum Gasteiger partial charge on any atom is 0.201 e. The van der Waals surface area contributed by atoms with E-state index in [2.05, 4.69) is 5.32 Å². The first kappa shape index (κ1) is 14.0. The van der Waals surface area contributed by atoms with Gasteiger partial charge in [-0.25, -0.2) is 17.6 Å². The van der Waals surface area contributed by atoms with Gasteiger partial charge in [-0.1, -0.05) is 12.2 Å². The molecule has 2 nitrogen and oxygen atoms in total. The first-order valence-electron chi connectivity index (χ1n) is 5.77. The SMILES string of the molecule is CNC1(F)C=CC(C2C=CC(N)(F)C=C2F)C(F)=C1. The average molecular weight is 274 g/mol. The van der Waals surface area contributed by atoms with Crippen LogP contribution in [0.15, 0.2) is 48.1 Å². The minimum absolute atomic E-state index is 0.591. The van der Waals surface area contributed by atoms with Crippen LogP contribution in [0.5, 0.6) is 0 Å². The van der Waals surface area contributed by atoms with E-state index in [9.17, 15) is 17.6 Å². The van der Waals surface area contributed by atoms with E-state index in [1.165, 1.54) is 13.1 Å². The number of nitrogens with two attached hydrogens (primary N) is 1. The summed E-state index contributed by atoms with van der Waals surface area (Å²) in [5.41, 5.74) is 5.09. The molecule has 19 heavy (non-hydrogen) atoms. The van der Waals surface area contributed by atoms with Gasteiger partial charge in [0.25, 0.3) is 0 Å². The highest BCUT2D eigenvalue weighted by Gasteiger charge is 2.36. The fraction of sp³-hybridized carbons (Fsp3) is 0.385. The molecular weight excluding hydrogens is 260 g/mol. The van der Waals surface area contributed by atoms with Crippen molar-refractivity contribution in [3.63, 3.8) is 0 Å². The first-order chi connectivity index (χ1) is 8.76. The monoisotopic (exact) mass is 274 g/mol. The van der Waals surface area contributed by atoms with E-state index in [0.717, 1.165) is 24.3 Å².